The minimum Gasteiger partial charge on any atom is -0.354 e. The fourth-order valence-electron chi connectivity index (χ4n) is 3.46. The molecule has 2 aromatic carbocycles. The second kappa shape index (κ2) is 11.8. The Kier molecular flexibility index (Phi) is 9.46. The van der Waals surface area contributed by atoms with Gasteiger partial charge in [-0.25, -0.2) is 8.42 Å². The quantitative estimate of drug-likeness (QED) is 0.544. The molecule has 180 valence electrons. The SMILES string of the molecule is Cc1ccccc1N(CC(=O)N(CCc1ccccc1)[C@H](C)C(=O)NCC(C)C)S(C)(=O)=O. The predicted octanol–water partition coefficient (Wildman–Crippen LogP) is 2.99. The van der Waals surface area contributed by atoms with E-state index in [1.54, 1.807) is 32.0 Å². The summed E-state index contributed by atoms with van der Waals surface area (Å²) < 4.78 is 26.3. The molecular weight excluding hydrogens is 438 g/mol. The second-order valence-electron chi connectivity index (χ2n) is 8.69. The number of hydrogen-bond acceptors (Lipinski definition) is 4. The molecule has 0 unspecified atom stereocenters. The summed E-state index contributed by atoms with van der Waals surface area (Å²) in [5, 5.41) is 2.88. The molecule has 0 radical (unpaired) electrons. The van der Waals surface area contributed by atoms with Crippen molar-refractivity contribution < 1.29 is 18.0 Å². The molecule has 0 bridgehead atoms. The zero-order valence-corrected chi connectivity index (χ0v) is 20.9. The van der Waals surface area contributed by atoms with E-state index in [1.165, 1.54) is 4.90 Å². The van der Waals surface area contributed by atoms with E-state index in [2.05, 4.69) is 5.32 Å². The van der Waals surface area contributed by atoms with Gasteiger partial charge in [0.05, 0.1) is 11.9 Å². The predicted molar refractivity (Wildman–Crippen MR) is 133 cm³/mol. The van der Waals surface area contributed by atoms with Crippen LogP contribution in [0.2, 0.25) is 0 Å². The Morgan fingerprint density at radius 3 is 2.15 bits per heavy atom. The van der Waals surface area contributed by atoms with Crippen LogP contribution in [0.1, 0.15) is 31.9 Å². The van der Waals surface area contributed by atoms with Crippen LogP contribution in [0.5, 0.6) is 0 Å². The molecule has 2 aromatic rings. The number of amides is 2. The minimum absolute atomic E-state index is 0.257. The normalized spacial score (nSPS) is 12.3. The largest absolute Gasteiger partial charge is 0.354 e. The molecule has 0 heterocycles. The molecule has 33 heavy (non-hydrogen) atoms. The fraction of sp³-hybridized carbons (Fsp3) is 0.440. The highest BCUT2D eigenvalue weighted by Crippen LogP contribution is 2.22. The van der Waals surface area contributed by atoms with Gasteiger partial charge in [-0.15, -0.1) is 0 Å². The van der Waals surface area contributed by atoms with Crippen LogP contribution in [0.3, 0.4) is 0 Å². The molecule has 1 atom stereocenters. The summed E-state index contributed by atoms with van der Waals surface area (Å²) in [6.45, 7) is 7.89. The number of carbonyl (C=O) groups excluding carboxylic acids is 2. The third kappa shape index (κ3) is 7.89. The van der Waals surface area contributed by atoms with Gasteiger partial charge >= 0.3 is 0 Å². The summed E-state index contributed by atoms with van der Waals surface area (Å²) in [7, 11) is -3.72. The zero-order chi connectivity index (χ0) is 24.6. The van der Waals surface area contributed by atoms with E-state index in [0.29, 0.717) is 25.2 Å². The van der Waals surface area contributed by atoms with Gasteiger partial charge in [0.25, 0.3) is 0 Å². The molecule has 7 nitrogen and oxygen atoms in total. The van der Waals surface area contributed by atoms with Crippen LogP contribution in [-0.4, -0.2) is 57.1 Å². The van der Waals surface area contributed by atoms with Gasteiger partial charge in [0.15, 0.2) is 0 Å². The molecule has 8 heteroatoms. The molecule has 1 N–H and O–H groups in total. The van der Waals surface area contributed by atoms with Gasteiger partial charge in [-0.1, -0.05) is 62.4 Å². The van der Waals surface area contributed by atoms with Crippen LogP contribution in [0, 0.1) is 12.8 Å². The Morgan fingerprint density at radius 2 is 1.58 bits per heavy atom. The average molecular weight is 474 g/mol. The summed E-state index contributed by atoms with van der Waals surface area (Å²) in [5.41, 5.74) is 2.23. The van der Waals surface area contributed by atoms with Crippen molar-refractivity contribution in [1.82, 2.24) is 10.2 Å². The van der Waals surface area contributed by atoms with Crippen LogP contribution in [0.15, 0.2) is 54.6 Å². The molecule has 0 aliphatic rings. The van der Waals surface area contributed by atoms with Crippen LogP contribution >= 0.6 is 0 Å². The summed E-state index contributed by atoms with van der Waals surface area (Å²) in [6.07, 6.45) is 1.64. The zero-order valence-electron chi connectivity index (χ0n) is 20.1. The molecule has 0 saturated heterocycles. The number of aryl methyl sites for hydroxylation is 1. The number of hydrogen-bond donors (Lipinski definition) is 1. The summed E-state index contributed by atoms with van der Waals surface area (Å²) in [5.74, 6) is -0.407. The highest BCUT2D eigenvalue weighted by molar-refractivity contribution is 7.92. The van der Waals surface area contributed by atoms with Crippen LogP contribution in [0.25, 0.3) is 0 Å². The Morgan fingerprint density at radius 1 is 0.970 bits per heavy atom. The van der Waals surface area contributed by atoms with Crippen molar-refractivity contribution in [2.24, 2.45) is 5.92 Å². The van der Waals surface area contributed by atoms with Gasteiger partial charge in [0, 0.05) is 13.1 Å². The van der Waals surface area contributed by atoms with Gasteiger partial charge < -0.3 is 10.2 Å². The number of sulfonamides is 1. The lowest BCUT2D eigenvalue weighted by Gasteiger charge is -2.32. The molecule has 0 aromatic heterocycles. The third-order valence-electron chi connectivity index (χ3n) is 5.40. The van der Waals surface area contributed by atoms with Crippen molar-refractivity contribution in [1.29, 1.82) is 0 Å². The first-order chi connectivity index (χ1) is 15.5. The Hall–Kier alpha value is -2.87. The van der Waals surface area contributed by atoms with E-state index in [-0.39, 0.29) is 18.4 Å². The van der Waals surface area contributed by atoms with Gasteiger partial charge in [-0.05, 0) is 43.4 Å². The Labute approximate surface area is 197 Å². The van der Waals surface area contributed by atoms with Gasteiger partial charge in [-0.3, -0.25) is 13.9 Å². The van der Waals surface area contributed by atoms with Crippen molar-refractivity contribution in [3.05, 3.63) is 65.7 Å². The molecule has 2 amide bonds. The van der Waals surface area contributed by atoms with Gasteiger partial charge in [0.1, 0.15) is 12.6 Å². The van der Waals surface area contributed by atoms with E-state index in [9.17, 15) is 18.0 Å². The van der Waals surface area contributed by atoms with E-state index in [0.717, 1.165) is 21.7 Å². The number of anilines is 1. The second-order valence-corrected chi connectivity index (χ2v) is 10.6. The summed E-state index contributed by atoms with van der Waals surface area (Å²) in [6, 6.07) is 16.0. The lowest BCUT2D eigenvalue weighted by Crippen LogP contribution is -2.52. The average Bonchev–Trinajstić information content (AvgIpc) is 2.76. The number of nitrogens with zero attached hydrogens (tertiary/aromatic N) is 2. The molecule has 0 aliphatic carbocycles. The third-order valence-corrected chi connectivity index (χ3v) is 6.53. The minimum atomic E-state index is -3.72. The maximum absolute atomic E-state index is 13.4. The first-order valence-electron chi connectivity index (χ1n) is 11.1. The van der Waals surface area contributed by atoms with E-state index in [1.807, 2.05) is 50.2 Å². The van der Waals surface area contributed by atoms with E-state index < -0.39 is 22.0 Å². The summed E-state index contributed by atoms with van der Waals surface area (Å²) >= 11 is 0. The van der Waals surface area contributed by atoms with E-state index >= 15 is 0 Å². The fourth-order valence-corrected chi connectivity index (χ4v) is 4.37. The summed E-state index contributed by atoms with van der Waals surface area (Å²) in [4.78, 5) is 27.7. The Balaban J connectivity index is 2.29. The van der Waals surface area contributed by atoms with Crippen molar-refractivity contribution >= 4 is 27.5 Å². The van der Waals surface area contributed by atoms with Crippen molar-refractivity contribution in [3.8, 4) is 0 Å². The van der Waals surface area contributed by atoms with Gasteiger partial charge in [-0.2, -0.15) is 0 Å². The maximum atomic E-state index is 13.4. The van der Waals surface area contributed by atoms with Crippen LogP contribution in [-0.2, 0) is 26.0 Å². The molecule has 0 spiro atoms. The highest BCUT2D eigenvalue weighted by atomic mass is 32.2. The lowest BCUT2D eigenvalue weighted by molar-refractivity contribution is -0.138. The lowest BCUT2D eigenvalue weighted by atomic mass is 10.1. The molecule has 0 fully saturated rings. The van der Waals surface area contributed by atoms with Gasteiger partial charge in [0.2, 0.25) is 21.8 Å². The smallest absolute Gasteiger partial charge is 0.244 e. The first kappa shape index (κ1) is 26.4. The standard InChI is InChI=1S/C25H35N3O4S/c1-19(2)17-26-25(30)21(4)27(16-15-22-12-7-6-8-13-22)24(29)18-28(33(5,31)32)23-14-10-9-11-20(23)3/h6-14,19,21H,15-18H2,1-5H3,(H,26,30)/t21-/m1/s1. The molecule has 0 aliphatic heterocycles. The molecule has 0 saturated carbocycles. The highest BCUT2D eigenvalue weighted by Gasteiger charge is 2.30. The number of rotatable bonds is 11. The number of para-hydroxylation sites is 1. The van der Waals surface area contributed by atoms with Crippen LogP contribution < -0.4 is 9.62 Å². The first-order valence-corrected chi connectivity index (χ1v) is 13.0. The van der Waals surface area contributed by atoms with Crippen molar-refractivity contribution in [3.63, 3.8) is 0 Å². The van der Waals surface area contributed by atoms with Crippen LogP contribution in [0.4, 0.5) is 5.69 Å². The number of benzene rings is 2. The van der Waals surface area contributed by atoms with Crippen molar-refractivity contribution in [2.75, 3.05) is 30.2 Å². The molecule has 2 rings (SSSR count). The number of nitrogens with one attached hydrogen (secondary N) is 1. The molecular formula is C25H35N3O4S. The topological polar surface area (TPSA) is 86.8 Å². The Bertz CT molecular complexity index is 1040. The van der Waals surface area contributed by atoms with E-state index in [4.69, 9.17) is 0 Å². The maximum Gasteiger partial charge on any atom is 0.244 e. The number of carbonyl (C=O) groups is 2. The monoisotopic (exact) mass is 473 g/mol. The van der Waals surface area contributed by atoms with Crippen molar-refractivity contribution in [2.45, 2.75) is 40.2 Å².